The van der Waals surface area contributed by atoms with Gasteiger partial charge in [-0.1, -0.05) is 23.8 Å². The van der Waals surface area contributed by atoms with Crippen LogP contribution in [0.4, 0.5) is 0 Å². The van der Waals surface area contributed by atoms with Crippen LogP contribution in [0.5, 0.6) is 0 Å². The fraction of sp³-hybridized carbons (Fsp3) is 0.357. The predicted octanol–water partition coefficient (Wildman–Crippen LogP) is 3.18. The van der Waals surface area contributed by atoms with Gasteiger partial charge in [0, 0.05) is 11.3 Å². The molecule has 1 aliphatic carbocycles. The number of aryl methyl sites for hydroxylation is 4. The molecule has 0 atom stereocenters. The number of aromatic nitrogens is 2. The molecular formula is C14H16N2. The van der Waals surface area contributed by atoms with E-state index in [0.29, 0.717) is 0 Å². The molecule has 3 rings (SSSR count). The average Bonchev–Trinajstić information content (AvgIpc) is 2.52. The normalized spacial score (nSPS) is 14.1. The van der Waals surface area contributed by atoms with Gasteiger partial charge in [0.2, 0.25) is 0 Å². The molecule has 0 radical (unpaired) electrons. The molecule has 1 heterocycles. The topological polar surface area (TPSA) is 28.7 Å². The summed E-state index contributed by atoms with van der Waals surface area (Å²) in [6.07, 6.45) is 3.50. The van der Waals surface area contributed by atoms with Crippen LogP contribution in [0.1, 0.15) is 29.1 Å². The highest BCUT2D eigenvalue weighted by molar-refractivity contribution is 5.67. The molecule has 1 aromatic heterocycles. The highest BCUT2D eigenvalue weighted by atomic mass is 14.9. The summed E-state index contributed by atoms with van der Waals surface area (Å²) in [7, 11) is 0. The predicted molar refractivity (Wildman–Crippen MR) is 65.5 cm³/mol. The first-order chi connectivity index (χ1) is 7.74. The molecule has 2 heteroatoms. The van der Waals surface area contributed by atoms with E-state index in [-0.39, 0.29) is 0 Å². The fourth-order valence-corrected chi connectivity index (χ4v) is 2.56. The summed E-state index contributed by atoms with van der Waals surface area (Å²) in [4.78, 5) is 8.01. The second-order valence-electron chi connectivity index (χ2n) is 4.66. The number of H-pyrrole nitrogens is 1. The lowest BCUT2D eigenvalue weighted by molar-refractivity contribution is 0.814. The van der Waals surface area contributed by atoms with Gasteiger partial charge in [0.15, 0.2) is 0 Å². The molecule has 0 amide bonds. The SMILES string of the molecule is Cc1ccc2c(c1)CCCc1[nH]c(C)nc1-2. The first-order valence-electron chi connectivity index (χ1n) is 5.89. The molecule has 0 bridgehead atoms. The van der Waals surface area contributed by atoms with Gasteiger partial charge >= 0.3 is 0 Å². The number of rotatable bonds is 0. The van der Waals surface area contributed by atoms with Crippen LogP contribution >= 0.6 is 0 Å². The van der Waals surface area contributed by atoms with Crippen molar-refractivity contribution in [2.75, 3.05) is 0 Å². The zero-order valence-electron chi connectivity index (χ0n) is 9.80. The van der Waals surface area contributed by atoms with E-state index in [1.807, 2.05) is 6.92 Å². The van der Waals surface area contributed by atoms with Crippen LogP contribution in [0.15, 0.2) is 18.2 Å². The molecule has 1 N–H and O–H groups in total. The van der Waals surface area contributed by atoms with Crippen molar-refractivity contribution < 1.29 is 0 Å². The maximum Gasteiger partial charge on any atom is 0.103 e. The summed E-state index contributed by atoms with van der Waals surface area (Å²) >= 11 is 0. The molecule has 82 valence electrons. The Balaban J connectivity index is 2.24. The standard InChI is InChI=1S/C14H16N2/c1-9-6-7-12-11(8-9)4-3-5-13-14(12)16-10(2)15-13/h6-8H,3-5H2,1-2H3,(H,15,16). The van der Waals surface area contributed by atoms with Gasteiger partial charge in [-0.3, -0.25) is 0 Å². The van der Waals surface area contributed by atoms with Crippen LogP contribution in [-0.4, -0.2) is 9.97 Å². The highest BCUT2D eigenvalue weighted by Crippen LogP contribution is 2.31. The molecule has 0 unspecified atom stereocenters. The number of hydrogen-bond donors (Lipinski definition) is 1. The van der Waals surface area contributed by atoms with Crippen molar-refractivity contribution in [3.05, 3.63) is 40.8 Å². The Morgan fingerprint density at radius 2 is 2.06 bits per heavy atom. The Kier molecular flexibility index (Phi) is 2.10. The summed E-state index contributed by atoms with van der Waals surface area (Å²) in [5.41, 5.74) is 6.59. The van der Waals surface area contributed by atoms with Gasteiger partial charge < -0.3 is 4.98 Å². The summed E-state index contributed by atoms with van der Waals surface area (Å²) in [6, 6.07) is 6.70. The molecule has 0 aliphatic heterocycles. The molecule has 0 fully saturated rings. The molecule has 2 aromatic rings. The Bertz CT molecular complexity index is 538. The third kappa shape index (κ3) is 1.45. The van der Waals surface area contributed by atoms with E-state index in [0.717, 1.165) is 12.2 Å². The lowest BCUT2D eigenvalue weighted by atomic mass is 10.0. The maximum atomic E-state index is 4.63. The quantitative estimate of drug-likeness (QED) is 0.714. The van der Waals surface area contributed by atoms with Crippen molar-refractivity contribution in [1.82, 2.24) is 9.97 Å². The Hall–Kier alpha value is -1.57. The maximum absolute atomic E-state index is 4.63. The second kappa shape index (κ2) is 3.48. The van der Waals surface area contributed by atoms with Crippen molar-refractivity contribution in [1.29, 1.82) is 0 Å². The van der Waals surface area contributed by atoms with Crippen LogP contribution in [0.2, 0.25) is 0 Å². The Morgan fingerprint density at radius 1 is 1.19 bits per heavy atom. The lowest BCUT2D eigenvalue weighted by Crippen LogP contribution is -1.89. The Labute approximate surface area is 95.7 Å². The number of nitrogens with zero attached hydrogens (tertiary/aromatic N) is 1. The molecule has 16 heavy (non-hydrogen) atoms. The molecule has 1 aliphatic rings. The van der Waals surface area contributed by atoms with Gasteiger partial charge in [-0.2, -0.15) is 0 Å². The summed E-state index contributed by atoms with van der Waals surface area (Å²) < 4.78 is 0. The minimum absolute atomic E-state index is 1.03. The average molecular weight is 212 g/mol. The number of benzene rings is 1. The van der Waals surface area contributed by atoms with E-state index in [1.54, 1.807) is 0 Å². The second-order valence-corrected chi connectivity index (χ2v) is 4.66. The van der Waals surface area contributed by atoms with Crippen molar-refractivity contribution in [2.24, 2.45) is 0 Å². The van der Waals surface area contributed by atoms with Gasteiger partial charge in [-0.15, -0.1) is 0 Å². The smallest absolute Gasteiger partial charge is 0.103 e. The van der Waals surface area contributed by atoms with Crippen molar-refractivity contribution in [3.8, 4) is 11.3 Å². The zero-order chi connectivity index (χ0) is 11.1. The van der Waals surface area contributed by atoms with E-state index in [2.05, 4.69) is 35.1 Å². The third-order valence-corrected chi connectivity index (χ3v) is 3.29. The van der Waals surface area contributed by atoms with Gasteiger partial charge in [-0.05, 0) is 38.7 Å². The number of hydrogen-bond acceptors (Lipinski definition) is 1. The monoisotopic (exact) mass is 212 g/mol. The summed E-state index contributed by atoms with van der Waals surface area (Å²) in [6.45, 7) is 4.18. The van der Waals surface area contributed by atoms with Gasteiger partial charge in [-0.25, -0.2) is 4.98 Å². The highest BCUT2D eigenvalue weighted by Gasteiger charge is 2.17. The minimum Gasteiger partial charge on any atom is -0.346 e. The summed E-state index contributed by atoms with van der Waals surface area (Å²) in [5, 5.41) is 0. The van der Waals surface area contributed by atoms with E-state index in [1.165, 1.54) is 40.9 Å². The molecule has 0 saturated carbocycles. The van der Waals surface area contributed by atoms with E-state index >= 15 is 0 Å². The summed E-state index contributed by atoms with van der Waals surface area (Å²) in [5.74, 6) is 1.03. The van der Waals surface area contributed by atoms with Gasteiger partial charge in [0.1, 0.15) is 5.82 Å². The van der Waals surface area contributed by atoms with Crippen LogP contribution in [-0.2, 0) is 12.8 Å². The lowest BCUT2D eigenvalue weighted by Gasteiger charge is -2.05. The van der Waals surface area contributed by atoms with Gasteiger partial charge in [0.05, 0.1) is 5.69 Å². The largest absolute Gasteiger partial charge is 0.346 e. The molecule has 0 saturated heterocycles. The number of aromatic amines is 1. The molecule has 0 spiro atoms. The first-order valence-corrected chi connectivity index (χ1v) is 5.89. The van der Waals surface area contributed by atoms with Crippen LogP contribution in [0.3, 0.4) is 0 Å². The number of nitrogens with one attached hydrogen (secondary N) is 1. The van der Waals surface area contributed by atoms with E-state index < -0.39 is 0 Å². The minimum atomic E-state index is 1.03. The number of fused-ring (bicyclic) bond motifs is 3. The van der Waals surface area contributed by atoms with Crippen LogP contribution in [0.25, 0.3) is 11.3 Å². The molecule has 2 nitrogen and oxygen atoms in total. The zero-order valence-corrected chi connectivity index (χ0v) is 9.80. The fourth-order valence-electron chi connectivity index (χ4n) is 2.56. The van der Waals surface area contributed by atoms with Crippen LogP contribution in [0, 0.1) is 13.8 Å². The van der Waals surface area contributed by atoms with E-state index in [9.17, 15) is 0 Å². The molecular weight excluding hydrogens is 196 g/mol. The van der Waals surface area contributed by atoms with Crippen molar-refractivity contribution >= 4 is 0 Å². The third-order valence-electron chi connectivity index (χ3n) is 3.29. The van der Waals surface area contributed by atoms with Crippen molar-refractivity contribution in [2.45, 2.75) is 33.1 Å². The van der Waals surface area contributed by atoms with Gasteiger partial charge in [0.25, 0.3) is 0 Å². The van der Waals surface area contributed by atoms with E-state index in [4.69, 9.17) is 0 Å². The number of imidazole rings is 1. The van der Waals surface area contributed by atoms with Crippen molar-refractivity contribution in [3.63, 3.8) is 0 Å². The Morgan fingerprint density at radius 3 is 2.94 bits per heavy atom. The first kappa shape index (κ1) is 9.64. The molecule has 1 aromatic carbocycles. The van der Waals surface area contributed by atoms with Crippen LogP contribution < -0.4 is 0 Å².